The molecule has 1 amide bonds. The number of aliphatic hydroxyl groups excluding tert-OH is 1. The van der Waals surface area contributed by atoms with E-state index in [1.165, 1.54) is 23.9 Å². The Labute approximate surface area is 144 Å². The number of carbonyl (C=O) groups excluding carboxylic acids is 1. The molecule has 6 heteroatoms. The summed E-state index contributed by atoms with van der Waals surface area (Å²) in [5.74, 6) is 0.00622. The van der Waals surface area contributed by atoms with Crippen LogP contribution in [0.4, 0.5) is 4.39 Å². The summed E-state index contributed by atoms with van der Waals surface area (Å²) in [6, 6.07) is 9.70. The molecule has 1 aromatic carbocycles. The number of pyridine rings is 1. The van der Waals surface area contributed by atoms with Crippen LogP contribution in [0.1, 0.15) is 24.5 Å². The fraction of sp³-hybridized carbons (Fsp3) is 0.333. The van der Waals surface area contributed by atoms with Crippen molar-refractivity contribution in [1.29, 1.82) is 0 Å². The summed E-state index contributed by atoms with van der Waals surface area (Å²) in [7, 11) is 0. The van der Waals surface area contributed by atoms with E-state index in [4.69, 9.17) is 0 Å². The van der Waals surface area contributed by atoms with Crippen molar-refractivity contribution in [1.82, 2.24) is 9.88 Å². The van der Waals surface area contributed by atoms with Gasteiger partial charge >= 0.3 is 0 Å². The van der Waals surface area contributed by atoms with Crippen molar-refractivity contribution in [2.75, 3.05) is 12.3 Å². The lowest BCUT2D eigenvalue weighted by Gasteiger charge is -2.25. The number of aromatic nitrogens is 1. The molecule has 1 unspecified atom stereocenters. The summed E-state index contributed by atoms with van der Waals surface area (Å²) >= 11 is 1.46. The molecular weight excluding hydrogens is 327 g/mol. The van der Waals surface area contributed by atoms with Crippen molar-refractivity contribution < 1.29 is 14.3 Å². The summed E-state index contributed by atoms with van der Waals surface area (Å²) in [4.78, 5) is 19.2. The van der Waals surface area contributed by atoms with Crippen molar-refractivity contribution in [2.45, 2.75) is 29.9 Å². The molecule has 24 heavy (non-hydrogen) atoms. The number of rotatable bonds is 7. The minimum Gasteiger partial charge on any atom is -0.387 e. The third-order valence-electron chi connectivity index (χ3n) is 3.94. The molecule has 0 aliphatic heterocycles. The molecule has 1 N–H and O–H groups in total. The standard InChI is InChI=1S/C18H19FN2O2S/c19-14-3-1-13(2-4-14)17(22)11-21(15-5-6-15)18(23)12-24-16-7-9-20-10-8-16/h1-4,7-10,15,17,22H,5-6,11-12H2. The summed E-state index contributed by atoms with van der Waals surface area (Å²) < 4.78 is 13.0. The van der Waals surface area contributed by atoms with Gasteiger partial charge in [0.2, 0.25) is 5.91 Å². The molecule has 0 spiro atoms. The van der Waals surface area contributed by atoms with E-state index in [1.807, 2.05) is 12.1 Å². The first kappa shape index (κ1) is 16.9. The lowest BCUT2D eigenvalue weighted by atomic mass is 10.1. The maximum Gasteiger partial charge on any atom is 0.233 e. The van der Waals surface area contributed by atoms with E-state index in [0.717, 1.165) is 17.7 Å². The molecule has 1 aromatic heterocycles. The van der Waals surface area contributed by atoms with Gasteiger partial charge in [0.05, 0.1) is 18.4 Å². The van der Waals surface area contributed by atoms with Crippen molar-refractivity contribution in [3.05, 3.63) is 60.2 Å². The molecule has 0 bridgehead atoms. The zero-order chi connectivity index (χ0) is 16.9. The van der Waals surface area contributed by atoms with E-state index in [1.54, 1.807) is 29.4 Å². The zero-order valence-electron chi connectivity index (χ0n) is 13.1. The predicted octanol–water partition coefficient (Wildman–Crippen LogP) is 3.04. The van der Waals surface area contributed by atoms with Crippen LogP contribution in [-0.4, -0.2) is 39.2 Å². The number of benzene rings is 1. The molecule has 1 fully saturated rings. The Kier molecular flexibility index (Phi) is 5.48. The van der Waals surface area contributed by atoms with Gasteiger partial charge in [0.1, 0.15) is 5.82 Å². The Morgan fingerprint density at radius 2 is 1.92 bits per heavy atom. The van der Waals surface area contributed by atoms with Gasteiger partial charge in [0.15, 0.2) is 0 Å². The number of nitrogens with zero attached hydrogens (tertiary/aromatic N) is 2. The van der Waals surface area contributed by atoms with Gasteiger partial charge in [-0.3, -0.25) is 9.78 Å². The molecule has 1 saturated carbocycles. The van der Waals surface area contributed by atoms with Gasteiger partial charge in [-0.15, -0.1) is 11.8 Å². The summed E-state index contributed by atoms with van der Waals surface area (Å²) in [6.45, 7) is 0.242. The Bertz CT molecular complexity index is 677. The number of hydrogen-bond donors (Lipinski definition) is 1. The quantitative estimate of drug-likeness (QED) is 0.783. The second kappa shape index (κ2) is 7.77. The predicted molar refractivity (Wildman–Crippen MR) is 91.1 cm³/mol. The van der Waals surface area contributed by atoms with E-state index in [0.29, 0.717) is 11.3 Å². The number of hydrogen-bond acceptors (Lipinski definition) is 4. The number of thioether (sulfide) groups is 1. The zero-order valence-corrected chi connectivity index (χ0v) is 14.0. The van der Waals surface area contributed by atoms with E-state index >= 15 is 0 Å². The van der Waals surface area contributed by atoms with Crippen molar-refractivity contribution in [3.8, 4) is 0 Å². The molecule has 1 aliphatic rings. The molecule has 1 atom stereocenters. The molecule has 1 aliphatic carbocycles. The number of aliphatic hydroxyl groups is 1. The highest BCUT2D eigenvalue weighted by Gasteiger charge is 2.33. The smallest absolute Gasteiger partial charge is 0.233 e. The molecule has 2 aromatic rings. The average Bonchev–Trinajstić information content (AvgIpc) is 3.44. The second-order valence-corrected chi connectivity index (χ2v) is 6.86. The third kappa shape index (κ3) is 4.55. The van der Waals surface area contributed by atoms with E-state index in [9.17, 15) is 14.3 Å². The van der Waals surface area contributed by atoms with Crippen molar-refractivity contribution in [2.24, 2.45) is 0 Å². The SMILES string of the molecule is O=C(CSc1ccncc1)N(CC(O)c1ccc(F)cc1)C1CC1. The molecule has 4 nitrogen and oxygen atoms in total. The van der Waals surface area contributed by atoms with Crippen LogP contribution in [0.2, 0.25) is 0 Å². The van der Waals surface area contributed by atoms with Gasteiger partial charge in [0.25, 0.3) is 0 Å². The summed E-state index contributed by atoms with van der Waals surface area (Å²) in [6.07, 6.45) is 4.54. The first-order chi connectivity index (χ1) is 11.6. The fourth-order valence-electron chi connectivity index (χ4n) is 2.48. The lowest BCUT2D eigenvalue weighted by Crippen LogP contribution is -2.37. The van der Waals surface area contributed by atoms with E-state index in [2.05, 4.69) is 4.98 Å². The minimum absolute atomic E-state index is 0.0143. The highest BCUT2D eigenvalue weighted by molar-refractivity contribution is 8.00. The van der Waals surface area contributed by atoms with Gasteiger partial charge in [-0.05, 0) is 42.7 Å². The highest BCUT2D eigenvalue weighted by Crippen LogP contribution is 2.30. The van der Waals surface area contributed by atoms with Crippen LogP contribution in [0.25, 0.3) is 0 Å². The molecular formula is C18H19FN2O2S. The Morgan fingerprint density at radius 1 is 1.25 bits per heavy atom. The van der Waals surface area contributed by atoms with E-state index in [-0.39, 0.29) is 24.3 Å². The third-order valence-corrected chi connectivity index (χ3v) is 4.94. The first-order valence-electron chi connectivity index (χ1n) is 7.89. The van der Waals surface area contributed by atoms with Crippen LogP contribution in [-0.2, 0) is 4.79 Å². The van der Waals surface area contributed by atoms with Gasteiger partial charge < -0.3 is 10.0 Å². The Morgan fingerprint density at radius 3 is 2.54 bits per heavy atom. The lowest BCUT2D eigenvalue weighted by molar-refractivity contribution is -0.130. The number of amides is 1. The number of halogens is 1. The second-order valence-electron chi connectivity index (χ2n) is 5.82. The van der Waals surface area contributed by atoms with Crippen LogP contribution in [0.5, 0.6) is 0 Å². The van der Waals surface area contributed by atoms with E-state index < -0.39 is 6.10 Å². The molecule has 126 valence electrons. The van der Waals surface area contributed by atoms with Crippen LogP contribution in [0.3, 0.4) is 0 Å². The van der Waals surface area contributed by atoms with Gasteiger partial charge in [-0.1, -0.05) is 12.1 Å². The average molecular weight is 346 g/mol. The van der Waals surface area contributed by atoms with Gasteiger partial charge in [0, 0.05) is 23.3 Å². The van der Waals surface area contributed by atoms with Crippen LogP contribution >= 0.6 is 11.8 Å². The molecule has 0 saturated heterocycles. The normalized spacial score (nSPS) is 15.1. The van der Waals surface area contributed by atoms with Gasteiger partial charge in [-0.25, -0.2) is 4.39 Å². The van der Waals surface area contributed by atoms with Crippen molar-refractivity contribution in [3.63, 3.8) is 0 Å². The molecule has 1 heterocycles. The maximum absolute atomic E-state index is 13.0. The fourth-order valence-corrected chi connectivity index (χ4v) is 3.25. The Balaban J connectivity index is 1.59. The van der Waals surface area contributed by atoms with Crippen LogP contribution in [0, 0.1) is 5.82 Å². The minimum atomic E-state index is -0.805. The summed E-state index contributed by atoms with van der Waals surface area (Å²) in [5, 5.41) is 10.4. The summed E-state index contributed by atoms with van der Waals surface area (Å²) in [5.41, 5.74) is 0.622. The molecule has 3 rings (SSSR count). The highest BCUT2D eigenvalue weighted by atomic mass is 32.2. The van der Waals surface area contributed by atoms with Crippen molar-refractivity contribution >= 4 is 17.7 Å². The van der Waals surface area contributed by atoms with Gasteiger partial charge in [-0.2, -0.15) is 0 Å². The Hall–Kier alpha value is -1.92. The first-order valence-corrected chi connectivity index (χ1v) is 8.88. The largest absolute Gasteiger partial charge is 0.387 e. The van der Waals surface area contributed by atoms with Crippen LogP contribution in [0.15, 0.2) is 53.7 Å². The monoisotopic (exact) mass is 346 g/mol. The topological polar surface area (TPSA) is 53.4 Å². The number of carbonyl (C=O) groups is 1. The maximum atomic E-state index is 13.0. The van der Waals surface area contributed by atoms with Crippen LogP contribution < -0.4 is 0 Å². The molecule has 0 radical (unpaired) electrons.